The fourth-order valence-corrected chi connectivity index (χ4v) is 3.38. The Bertz CT molecular complexity index is 296. The van der Waals surface area contributed by atoms with Crippen LogP contribution in [0.1, 0.15) is 64.7 Å². The SMILES string of the molecule is CCCN(C(=O)NC1CCC1)C1(CN)CCCCC1. The summed E-state index contributed by atoms with van der Waals surface area (Å²) in [6.07, 6.45) is 10.4. The first-order chi connectivity index (χ1) is 9.22. The number of urea groups is 1. The number of carbonyl (C=O) groups is 1. The molecule has 0 aromatic carbocycles. The summed E-state index contributed by atoms with van der Waals surface area (Å²) >= 11 is 0. The van der Waals surface area contributed by atoms with Crippen LogP contribution in [0.2, 0.25) is 0 Å². The summed E-state index contributed by atoms with van der Waals surface area (Å²) in [6, 6.07) is 0.532. The van der Waals surface area contributed by atoms with Crippen molar-refractivity contribution in [3.8, 4) is 0 Å². The second kappa shape index (κ2) is 6.60. The van der Waals surface area contributed by atoms with Crippen LogP contribution in [0.25, 0.3) is 0 Å². The Kier molecular flexibility index (Phi) is 5.08. The van der Waals surface area contributed by atoms with E-state index < -0.39 is 0 Å². The topological polar surface area (TPSA) is 58.4 Å². The van der Waals surface area contributed by atoms with Gasteiger partial charge in [-0.15, -0.1) is 0 Å². The smallest absolute Gasteiger partial charge is 0.318 e. The number of carbonyl (C=O) groups excluding carboxylic acids is 1. The first-order valence-corrected chi connectivity index (χ1v) is 8.00. The Hall–Kier alpha value is -0.770. The molecule has 2 aliphatic carbocycles. The summed E-state index contributed by atoms with van der Waals surface area (Å²) in [4.78, 5) is 14.6. The molecule has 2 amide bonds. The molecule has 4 nitrogen and oxygen atoms in total. The van der Waals surface area contributed by atoms with E-state index in [4.69, 9.17) is 5.73 Å². The first-order valence-electron chi connectivity index (χ1n) is 8.00. The summed E-state index contributed by atoms with van der Waals surface area (Å²) in [6.45, 7) is 3.57. The van der Waals surface area contributed by atoms with Gasteiger partial charge in [0, 0.05) is 19.1 Å². The molecule has 0 radical (unpaired) electrons. The quantitative estimate of drug-likeness (QED) is 0.804. The van der Waals surface area contributed by atoms with Crippen molar-refractivity contribution in [2.75, 3.05) is 13.1 Å². The van der Waals surface area contributed by atoms with Gasteiger partial charge in [-0.05, 0) is 38.5 Å². The van der Waals surface area contributed by atoms with E-state index in [2.05, 4.69) is 17.1 Å². The molecule has 0 aliphatic heterocycles. The van der Waals surface area contributed by atoms with Crippen LogP contribution < -0.4 is 11.1 Å². The van der Waals surface area contributed by atoms with Gasteiger partial charge in [0.15, 0.2) is 0 Å². The molecule has 2 aliphatic rings. The number of nitrogens with two attached hydrogens (primary N) is 1. The maximum atomic E-state index is 12.6. The highest BCUT2D eigenvalue weighted by atomic mass is 16.2. The van der Waals surface area contributed by atoms with E-state index in [-0.39, 0.29) is 11.6 Å². The Morgan fingerprint density at radius 1 is 1.26 bits per heavy atom. The van der Waals surface area contributed by atoms with Gasteiger partial charge in [0.2, 0.25) is 0 Å². The molecule has 0 heterocycles. The van der Waals surface area contributed by atoms with Crippen LogP contribution in [0.15, 0.2) is 0 Å². The predicted molar refractivity (Wildman–Crippen MR) is 78.0 cm³/mol. The zero-order valence-corrected chi connectivity index (χ0v) is 12.3. The van der Waals surface area contributed by atoms with E-state index in [1.54, 1.807) is 0 Å². The number of nitrogens with one attached hydrogen (secondary N) is 1. The summed E-state index contributed by atoms with van der Waals surface area (Å²) in [7, 11) is 0. The normalized spacial score (nSPS) is 22.6. The molecule has 0 aromatic rings. The molecule has 0 saturated heterocycles. The molecule has 2 saturated carbocycles. The summed E-state index contributed by atoms with van der Waals surface area (Å²) in [5.74, 6) is 0. The molecular weight excluding hydrogens is 238 g/mol. The van der Waals surface area contributed by atoms with Crippen molar-refractivity contribution in [2.45, 2.75) is 76.3 Å². The number of hydrogen-bond acceptors (Lipinski definition) is 2. The van der Waals surface area contributed by atoms with Crippen LogP contribution in [0, 0.1) is 0 Å². The molecule has 3 N–H and O–H groups in total. The summed E-state index contributed by atoms with van der Waals surface area (Å²) < 4.78 is 0. The fraction of sp³-hybridized carbons (Fsp3) is 0.933. The van der Waals surface area contributed by atoms with Crippen LogP contribution in [-0.4, -0.2) is 35.6 Å². The fourth-order valence-electron chi connectivity index (χ4n) is 3.38. The van der Waals surface area contributed by atoms with Crippen LogP contribution in [0.4, 0.5) is 4.79 Å². The van der Waals surface area contributed by atoms with Gasteiger partial charge in [-0.1, -0.05) is 26.2 Å². The molecule has 0 spiro atoms. The lowest BCUT2D eigenvalue weighted by molar-refractivity contribution is 0.0796. The van der Waals surface area contributed by atoms with Crippen molar-refractivity contribution in [2.24, 2.45) is 5.73 Å². The summed E-state index contributed by atoms with van der Waals surface area (Å²) in [5, 5.41) is 3.19. The van der Waals surface area contributed by atoms with Gasteiger partial charge >= 0.3 is 6.03 Å². The lowest BCUT2D eigenvalue weighted by Crippen LogP contribution is -2.61. The van der Waals surface area contributed by atoms with E-state index in [0.29, 0.717) is 12.6 Å². The second-order valence-corrected chi connectivity index (χ2v) is 6.22. The molecule has 4 heteroatoms. The Labute approximate surface area is 117 Å². The van der Waals surface area contributed by atoms with Crippen molar-refractivity contribution in [3.05, 3.63) is 0 Å². The highest BCUT2D eigenvalue weighted by Crippen LogP contribution is 2.33. The van der Waals surface area contributed by atoms with Crippen LogP contribution in [0.3, 0.4) is 0 Å². The maximum Gasteiger partial charge on any atom is 0.318 e. The zero-order chi connectivity index (χ0) is 13.7. The lowest BCUT2D eigenvalue weighted by atomic mass is 9.80. The molecule has 0 atom stereocenters. The third-order valence-electron chi connectivity index (χ3n) is 4.86. The average Bonchev–Trinajstić information content (AvgIpc) is 2.40. The van der Waals surface area contributed by atoms with Gasteiger partial charge in [-0.2, -0.15) is 0 Å². The minimum absolute atomic E-state index is 0.0813. The summed E-state index contributed by atoms with van der Waals surface area (Å²) in [5.41, 5.74) is 5.98. The van der Waals surface area contributed by atoms with E-state index >= 15 is 0 Å². The Morgan fingerprint density at radius 2 is 1.95 bits per heavy atom. The molecule has 2 fully saturated rings. The van der Waals surface area contributed by atoms with E-state index in [9.17, 15) is 4.79 Å². The highest BCUT2D eigenvalue weighted by molar-refractivity contribution is 5.75. The largest absolute Gasteiger partial charge is 0.335 e. The predicted octanol–water partition coefficient (Wildman–Crippen LogP) is 2.62. The standard InChI is InChI=1S/C15H29N3O/c1-2-11-18(14(19)17-13-7-6-8-13)15(12-16)9-4-3-5-10-15/h13H,2-12,16H2,1H3,(H,17,19). The third-order valence-corrected chi connectivity index (χ3v) is 4.86. The zero-order valence-electron chi connectivity index (χ0n) is 12.3. The molecule has 2 rings (SSSR count). The first kappa shape index (κ1) is 14.6. The van der Waals surface area contributed by atoms with Gasteiger partial charge < -0.3 is 16.0 Å². The van der Waals surface area contributed by atoms with Crippen LogP contribution in [0.5, 0.6) is 0 Å². The molecule has 110 valence electrons. The number of amides is 2. The number of hydrogen-bond donors (Lipinski definition) is 2. The lowest BCUT2D eigenvalue weighted by Gasteiger charge is -2.46. The Morgan fingerprint density at radius 3 is 2.42 bits per heavy atom. The van der Waals surface area contributed by atoms with Crippen LogP contribution >= 0.6 is 0 Å². The van der Waals surface area contributed by atoms with Crippen molar-refractivity contribution in [1.82, 2.24) is 10.2 Å². The molecular formula is C15H29N3O. The van der Waals surface area contributed by atoms with Crippen molar-refractivity contribution in [1.29, 1.82) is 0 Å². The molecule has 0 unspecified atom stereocenters. The maximum absolute atomic E-state index is 12.6. The van der Waals surface area contributed by atoms with E-state index in [0.717, 1.165) is 38.6 Å². The average molecular weight is 267 g/mol. The van der Waals surface area contributed by atoms with Gasteiger partial charge in [0.1, 0.15) is 0 Å². The minimum atomic E-state index is -0.0813. The van der Waals surface area contributed by atoms with Crippen LogP contribution in [-0.2, 0) is 0 Å². The van der Waals surface area contributed by atoms with Gasteiger partial charge in [-0.25, -0.2) is 4.79 Å². The Balaban J connectivity index is 2.04. The number of rotatable bonds is 5. The molecule has 0 aromatic heterocycles. The minimum Gasteiger partial charge on any atom is -0.335 e. The molecule has 19 heavy (non-hydrogen) atoms. The second-order valence-electron chi connectivity index (χ2n) is 6.22. The van der Waals surface area contributed by atoms with Crippen molar-refractivity contribution < 1.29 is 4.79 Å². The third kappa shape index (κ3) is 3.22. The van der Waals surface area contributed by atoms with E-state index in [1.165, 1.54) is 25.7 Å². The molecule has 0 bridgehead atoms. The van der Waals surface area contributed by atoms with Gasteiger partial charge in [0.25, 0.3) is 0 Å². The van der Waals surface area contributed by atoms with E-state index in [1.807, 2.05) is 0 Å². The number of nitrogens with zero attached hydrogens (tertiary/aromatic N) is 1. The van der Waals surface area contributed by atoms with Crippen molar-refractivity contribution >= 4 is 6.03 Å². The monoisotopic (exact) mass is 267 g/mol. The van der Waals surface area contributed by atoms with Gasteiger partial charge in [-0.3, -0.25) is 0 Å². The highest BCUT2D eigenvalue weighted by Gasteiger charge is 2.39. The van der Waals surface area contributed by atoms with Gasteiger partial charge in [0.05, 0.1) is 5.54 Å². The van der Waals surface area contributed by atoms with Crippen molar-refractivity contribution in [3.63, 3.8) is 0 Å².